The van der Waals surface area contributed by atoms with Crippen molar-refractivity contribution in [1.82, 2.24) is 4.90 Å². The molecular formula is C17H16N2O2. The molecule has 0 aliphatic rings. The molecule has 0 unspecified atom stereocenters. The summed E-state index contributed by atoms with van der Waals surface area (Å²) in [7, 11) is 1.75. The molecule has 0 bridgehead atoms. The lowest BCUT2D eigenvalue weighted by Crippen LogP contribution is -2.28. The Balaban J connectivity index is 1.95. The first-order valence-corrected chi connectivity index (χ1v) is 6.63. The van der Waals surface area contributed by atoms with Crippen LogP contribution in [0.15, 0.2) is 48.5 Å². The van der Waals surface area contributed by atoms with Gasteiger partial charge in [0, 0.05) is 19.2 Å². The number of benzene rings is 2. The number of carbonyl (C=O) groups excluding carboxylic acids is 1. The molecule has 21 heavy (non-hydrogen) atoms. The lowest BCUT2D eigenvalue weighted by Gasteiger charge is -2.17. The van der Waals surface area contributed by atoms with E-state index in [1.165, 1.54) is 0 Å². The fourth-order valence-electron chi connectivity index (χ4n) is 1.97. The summed E-state index contributed by atoms with van der Waals surface area (Å²) in [6, 6.07) is 15.6. The van der Waals surface area contributed by atoms with Crippen LogP contribution in [0.3, 0.4) is 0 Å². The maximum Gasteiger partial charge on any atom is 0.253 e. The van der Waals surface area contributed by atoms with Crippen LogP contribution in [0.5, 0.6) is 5.75 Å². The normalized spacial score (nSPS) is 9.90. The molecule has 4 nitrogen and oxygen atoms in total. The number of rotatable bonds is 4. The summed E-state index contributed by atoms with van der Waals surface area (Å²) in [4.78, 5) is 13.9. The number of carbonyl (C=O) groups is 1. The number of amides is 1. The molecule has 4 heteroatoms. The van der Waals surface area contributed by atoms with Gasteiger partial charge in [0.05, 0.1) is 11.6 Å². The Bertz CT molecular complexity index is 655. The smallest absolute Gasteiger partial charge is 0.253 e. The Morgan fingerprint density at radius 2 is 1.76 bits per heavy atom. The molecule has 2 rings (SSSR count). The average Bonchev–Trinajstić information content (AvgIpc) is 2.53. The molecule has 0 heterocycles. The largest absolute Gasteiger partial charge is 0.508 e. The number of phenolic OH excluding ortho intramolecular Hbond substituents is 1. The van der Waals surface area contributed by atoms with Crippen molar-refractivity contribution in [2.24, 2.45) is 0 Å². The van der Waals surface area contributed by atoms with Crippen LogP contribution in [-0.2, 0) is 6.42 Å². The minimum absolute atomic E-state index is 0.0710. The topological polar surface area (TPSA) is 64.3 Å². The molecular weight excluding hydrogens is 264 g/mol. The summed E-state index contributed by atoms with van der Waals surface area (Å²) in [6.45, 7) is 0.587. The van der Waals surface area contributed by atoms with Crippen molar-refractivity contribution in [2.45, 2.75) is 6.42 Å². The number of likely N-dealkylation sites (N-methyl/N-ethyl adjacent to an activating group) is 1. The van der Waals surface area contributed by atoms with Gasteiger partial charge in [-0.25, -0.2) is 0 Å². The van der Waals surface area contributed by atoms with Gasteiger partial charge < -0.3 is 10.0 Å². The van der Waals surface area contributed by atoms with Gasteiger partial charge in [0.1, 0.15) is 5.75 Å². The van der Waals surface area contributed by atoms with Crippen LogP contribution >= 0.6 is 0 Å². The summed E-state index contributed by atoms with van der Waals surface area (Å²) >= 11 is 0. The maximum atomic E-state index is 12.2. The fraction of sp³-hybridized carbons (Fsp3) is 0.176. The van der Waals surface area contributed by atoms with Crippen LogP contribution in [0.1, 0.15) is 21.5 Å². The van der Waals surface area contributed by atoms with E-state index in [2.05, 4.69) is 0 Å². The van der Waals surface area contributed by atoms with Crippen LogP contribution < -0.4 is 0 Å². The molecule has 0 saturated carbocycles. The monoisotopic (exact) mass is 280 g/mol. The zero-order valence-electron chi connectivity index (χ0n) is 11.8. The summed E-state index contributed by atoms with van der Waals surface area (Å²) in [5.41, 5.74) is 2.17. The lowest BCUT2D eigenvalue weighted by molar-refractivity contribution is 0.0796. The van der Waals surface area contributed by atoms with Gasteiger partial charge in [-0.15, -0.1) is 0 Å². The first-order valence-electron chi connectivity index (χ1n) is 6.63. The minimum Gasteiger partial charge on any atom is -0.508 e. The number of phenols is 1. The zero-order chi connectivity index (χ0) is 15.2. The highest BCUT2D eigenvalue weighted by atomic mass is 16.3. The van der Waals surface area contributed by atoms with E-state index < -0.39 is 0 Å². The lowest BCUT2D eigenvalue weighted by atomic mass is 10.1. The predicted molar refractivity (Wildman–Crippen MR) is 79.9 cm³/mol. The second-order valence-electron chi connectivity index (χ2n) is 4.83. The number of nitriles is 1. The Kier molecular flexibility index (Phi) is 4.57. The fourth-order valence-corrected chi connectivity index (χ4v) is 1.97. The van der Waals surface area contributed by atoms with Crippen molar-refractivity contribution >= 4 is 5.91 Å². The van der Waals surface area contributed by atoms with E-state index in [0.29, 0.717) is 17.7 Å². The van der Waals surface area contributed by atoms with Gasteiger partial charge in [-0.05, 0) is 48.4 Å². The minimum atomic E-state index is -0.0710. The van der Waals surface area contributed by atoms with E-state index >= 15 is 0 Å². The van der Waals surface area contributed by atoms with Gasteiger partial charge in [0.25, 0.3) is 5.91 Å². The molecule has 0 aliphatic carbocycles. The molecule has 2 aromatic rings. The van der Waals surface area contributed by atoms with Crippen molar-refractivity contribution in [2.75, 3.05) is 13.6 Å². The summed E-state index contributed by atoms with van der Waals surface area (Å²) < 4.78 is 0. The Labute approximate surface area is 123 Å². The number of aromatic hydroxyl groups is 1. The quantitative estimate of drug-likeness (QED) is 0.936. The third-order valence-electron chi connectivity index (χ3n) is 3.28. The second kappa shape index (κ2) is 6.58. The van der Waals surface area contributed by atoms with E-state index in [0.717, 1.165) is 12.0 Å². The van der Waals surface area contributed by atoms with Crippen LogP contribution in [0, 0.1) is 11.3 Å². The first-order chi connectivity index (χ1) is 10.1. The van der Waals surface area contributed by atoms with Crippen LogP contribution in [0.4, 0.5) is 0 Å². The maximum absolute atomic E-state index is 12.2. The summed E-state index contributed by atoms with van der Waals surface area (Å²) in [6.07, 6.45) is 0.721. The highest BCUT2D eigenvalue weighted by Gasteiger charge is 2.11. The van der Waals surface area contributed by atoms with Crippen molar-refractivity contribution in [1.29, 1.82) is 5.26 Å². The van der Waals surface area contributed by atoms with Crippen molar-refractivity contribution in [3.05, 3.63) is 65.2 Å². The average molecular weight is 280 g/mol. The van der Waals surface area contributed by atoms with Crippen LogP contribution in [0.2, 0.25) is 0 Å². The molecule has 1 N–H and O–H groups in total. The molecule has 0 saturated heterocycles. The van der Waals surface area contributed by atoms with Gasteiger partial charge >= 0.3 is 0 Å². The van der Waals surface area contributed by atoms with E-state index in [4.69, 9.17) is 5.26 Å². The summed E-state index contributed by atoms with van der Waals surface area (Å²) in [5.74, 6) is 0.166. The van der Waals surface area contributed by atoms with Crippen molar-refractivity contribution in [3.8, 4) is 11.8 Å². The van der Waals surface area contributed by atoms with Gasteiger partial charge in [-0.1, -0.05) is 12.1 Å². The van der Waals surface area contributed by atoms with E-state index in [9.17, 15) is 9.90 Å². The molecule has 106 valence electrons. The van der Waals surface area contributed by atoms with Crippen LogP contribution in [-0.4, -0.2) is 29.5 Å². The standard InChI is InChI=1S/C17H16N2O2/c1-19(11-10-13-4-8-16(20)9-5-13)17(21)15-6-2-14(12-18)3-7-15/h2-9,20H,10-11H2,1H3. The molecule has 0 spiro atoms. The highest BCUT2D eigenvalue weighted by molar-refractivity contribution is 5.94. The highest BCUT2D eigenvalue weighted by Crippen LogP contribution is 2.11. The second-order valence-corrected chi connectivity index (χ2v) is 4.83. The Hall–Kier alpha value is -2.80. The zero-order valence-corrected chi connectivity index (χ0v) is 11.8. The van der Waals surface area contributed by atoms with Gasteiger partial charge in [0.2, 0.25) is 0 Å². The molecule has 2 aromatic carbocycles. The number of hydrogen-bond donors (Lipinski definition) is 1. The summed E-state index contributed by atoms with van der Waals surface area (Å²) in [5, 5.41) is 18.0. The molecule has 0 aliphatic heterocycles. The van der Waals surface area contributed by atoms with E-state index in [-0.39, 0.29) is 11.7 Å². The van der Waals surface area contributed by atoms with E-state index in [1.807, 2.05) is 18.2 Å². The van der Waals surface area contributed by atoms with Gasteiger partial charge in [-0.3, -0.25) is 4.79 Å². The third kappa shape index (κ3) is 3.83. The Morgan fingerprint density at radius 3 is 2.33 bits per heavy atom. The van der Waals surface area contributed by atoms with Crippen LogP contribution in [0.25, 0.3) is 0 Å². The molecule has 0 fully saturated rings. The van der Waals surface area contributed by atoms with Crippen molar-refractivity contribution < 1.29 is 9.90 Å². The molecule has 0 aromatic heterocycles. The van der Waals surface area contributed by atoms with E-state index in [1.54, 1.807) is 48.3 Å². The molecule has 0 atom stereocenters. The third-order valence-corrected chi connectivity index (χ3v) is 3.28. The van der Waals surface area contributed by atoms with Gasteiger partial charge in [-0.2, -0.15) is 5.26 Å². The first kappa shape index (κ1) is 14.6. The Morgan fingerprint density at radius 1 is 1.14 bits per heavy atom. The predicted octanol–water partition coefficient (Wildman–Crippen LogP) is 2.58. The van der Waals surface area contributed by atoms with Gasteiger partial charge in [0.15, 0.2) is 0 Å². The molecule has 1 amide bonds. The SMILES string of the molecule is CN(CCc1ccc(O)cc1)C(=O)c1ccc(C#N)cc1. The number of hydrogen-bond acceptors (Lipinski definition) is 3. The molecule has 0 radical (unpaired) electrons. The van der Waals surface area contributed by atoms with Crippen molar-refractivity contribution in [3.63, 3.8) is 0 Å². The number of nitrogens with zero attached hydrogens (tertiary/aromatic N) is 2.